The number of carbonyl (C=O) groups is 2. The van der Waals surface area contributed by atoms with Crippen molar-refractivity contribution in [2.75, 3.05) is 10.6 Å². The fourth-order valence-corrected chi connectivity index (χ4v) is 1.72. The maximum Gasteiger partial charge on any atom is 0.246 e. The van der Waals surface area contributed by atoms with Crippen molar-refractivity contribution in [1.82, 2.24) is 15.0 Å². The minimum absolute atomic E-state index is 0.0148. The van der Waals surface area contributed by atoms with Crippen LogP contribution in [0.2, 0.25) is 5.02 Å². The second-order valence-corrected chi connectivity index (χ2v) is 4.48. The number of nitrogens with one attached hydrogen (secondary N) is 2. The Balaban J connectivity index is 1.94. The molecule has 0 aliphatic carbocycles. The highest BCUT2D eigenvalue weighted by Gasteiger charge is 2.07. The van der Waals surface area contributed by atoms with E-state index in [0.29, 0.717) is 16.5 Å². The molecule has 2 aromatic rings. The Kier molecular flexibility index (Phi) is 4.31. The summed E-state index contributed by atoms with van der Waals surface area (Å²) in [5.74, 6) is -0.222. The minimum Gasteiger partial charge on any atom is -0.324 e. The van der Waals surface area contributed by atoms with Crippen LogP contribution in [0.15, 0.2) is 30.5 Å². The fraction of sp³-hybridized carbons (Fsp3) is 0.167. The molecule has 0 bridgehead atoms. The molecule has 0 saturated carbocycles. The topological polar surface area (TPSA) is 88.9 Å². The van der Waals surface area contributed by atoms with E-state index >= 15 is 0 Å². The summed E-state index contributed by atoms with van der Waals surface area (Å²) in [5.41, 5.74) is 0.602. The van der Waals surface area contributed by atoms with Gasteiger partial charge in [-0.1, -0.05) is 22.9 Å². The zero-order chi connectivity index (χ0) is 14.5. The van der Waals surface area contributed by atoms with Crippen molar-refractivity contribution in [3.8, 4) is 0 Å². The first-order chi connectivity index (χ1) is 9.52. The second kappa shape index (κ2) is 6.16. The molecule has 1 aromatic heterocycles. The molecule has 0 aliphatic heterocycles. The second-order valence-electron chi connectivity index (χ2n) is 4.04. The highest BCUT2D eigenvalue weighted by Crippen LogP contribution is 2.14. The van der Waals surface area contributed by atoms with E-state index in [4.69, 9.17) is 11.6 Å². The van der Waals surface area contributed by atoms with Gasteiger partial charge in [-0.25, -0.2) is 4.68 Å². The van der Waals surface area contributed by atoms with Gasteiger partial charge in [0, 0.05) is 17.6 Å². The average molecular weight is 294 g/mol. The molecule has 0 unspecified atom stereocenters. The number of hydrogen-bond acceptors (Lipinski definition) is 4. The van der Waals surface area contributed by atoms with Gasteiger partial charge >= 0.3 is 0 Å². The van der Waals surface area contributed by atoms with Gasteiger partial charge in [0.05, 0.1) is 6.20 Å². The first-order valence-corrected chi connectivity index (χ1v) is 6.14. The van der Waals surface area contributed by atoms with Crippen molar-refractivity contribution in [3.05, 3.63) is 35.5 Å². The van der Waals surface area contributed by atoms with Crippen LogP contribution in [0.4, 0.5) is 11.5 Å². The monoisotopic (exact) mass is 293 g/mol. The van der Waals surface area contributed by atoms with Gasteiger partial charge < -0.3 is 10.6 Å². The van der Waals surface area contributed by atoms with E-state index in [1.54, 1.807) is 24.3 Å². The summed E-state index contributed by atoms with van der Waals surface area (Å²) in [6, 6.07) is 6.83. The molecule has 1 heterocycles. The molecule has 8 heteroatoms. The number of rotatable bonds is 4. The molecule has 2 N–H and O–H groups in total. The van der Waals surface area contributed by atoms with E-state index in [-0.39, 0.29) is 18.4 Å². The number of nitrogens with zero attached hydrogens (tertiary/aromatic N) is 3. The van der Waals surface area contributed by atoms with Gasteiger partial charge in [-0.3, -0.25) is 9.59 Å². The summed E-state index contributed by atoms with van der Waals surface area (Å²) in [7, 11) is 0. The van der Waals surface area contributed by atoms with Gasteiger partial charge in [0.15, 0.2) is 5.82 Å². The van der Waals surface area contributed by atoms with Crippen LogP contribution in [0.3, 0.4) is 0 Å². The standard InChI is InChI=1S/C12H12ClN5O2/c1-8(19)14-11-6-18(17-16-11)7-12(20)15-10-4-2-3-9(13)5-10/h2-6H,7H2,1H3,(H,14,19)(H,15,20). The molecule has 0 fully saturated rings. The van der Waals surface area contributed by atoms with Gasteiger partial charge in [0.25, 0.3) is 0 Å². The fourth-order valence-electron chi connectivity index (χ4n) is 1.53. The Bertz CT molecular complexity index is 640. The molecule has 20 heavy (non-hydrogen) atoms. The van der Waals surface area contributed by atoms with Crippen LogP contribution in [0, 0.1) is 0 Å². The molecule has 0 radical (unpaired) electrons. The molecule has 0 spiro atoms. The molecular formula is C12H12ClN5O2. The van der Waals surface area contributed by atoms with Gasteiger partial charge in [-0.15, -0.1) is 5.10 Å². The van der Waals surface area contributed by atoms with Crippen LogP contribution in [0.1, 0.15) is 6.92 Å². The van der Waals surface area contributed by atoms with Crippen LogP contribution in [-0.4, -0.2) is 26.8 Å². The molecule has 2 rings (SSSR count). The Labute approximate surface area is 119 Å². The van der Waals surface area contributed by atoms with Crippen LogP contribution >= 0.6 is 11.6 Å². The molecular weight excluding hydrogens is 282 g/mol. The molecule has 0 saturated heterocycles. The summed E-state index contributed by atoms with van der Waals surface area (Å²) in [4.78, 5) is 22.6. The molecule has 7 nitrogen and oxygen atoms in total. The number of aromatic nitrogens is 3. The highest BCUT2D eigenvalue weighted by atomic mass is 35.5. The normalized spacial score (nSPS) is 10.1. The Hall–Kier alpha value is -2.41. The summed E-state index contributed by atoms with van der Waals surface area (Å²) in [6.07, 6.45) is 1.47. The smallest absolute Gasteiger partial charge is 0.246 e. The number of benzene rings is 1. The predicted octanol–water partition coefficient (Wildman–Crippen LogP) is 1.53. The number of halogens is 1. The zero-order valence-corrected chi connectivity index (χ0v) is 11.4. The third-order valence-electron chi connectivity index (χ3n) is 2.26. The Morgan fingerprint density at radius 3 is 2.85 bits per heavy atom. The van der Waals surface area contributed by atoms with Gasteiger partial charge in [-0.05, 0) is 18.2 Å². The lowest BCUT2D eigenvalue weighted by Gasteiger charge is -2.04. The van der Waals surface area contributed by atoms with Crippen LogP contribution in [-0.2, 0) is 16.1 Å². The first-order valence-electron chi connectivity index (χ1n) is 5.76. The van der Waals surface area contributed by atoms with Crippen molar-refractivity contribution in [2.45, 2.75) is 13.5 Å². The van der Waals surface area contributed by atoms with E-state index in [2.05, 4.69) is 20.9 Å². The Morgan fingerprint density at radius 1 is 1.35 bits per heavy atom. The van der Waals surface area contributed by atoms with Gasteiger partial charge in [-0.2, -0.15) is 0 Å². The summed E-state index contributed by atoms with van der Waals surface area (Å²) < 4.78 is 1.32. The summed E-state index contributed by atoms with van der Waals surface area (Å²) in [6.45, 7) is 1.35. The van der Waals surface area contributed by atoms with Crippen molar-refractivity contribution in [2.24, 2.45) is 0 Å². The van der Waals surface area contributed by atoms with E-state index in [0.717, 1.165) is 0 Å². The predicted molar refractivity (Wildman–Crippen MR) is 74.4 cm³/mol. The minimum atomic E-state index is -0.272. The molecule has 0 aliphatic rings. The van der Waals surface area contributed by atoms with Crippen molar-refractivity contribution < 1.29 is 9.59 Å². The maximum atomic E-state index is 11.8. The summed E-state index contributed by atoms with van der Waals surface area (Å²) >= 11 is 5.82. The molecule has 0 atom stereocenters. The zero-order valence-electron chi connectivity index (χ0n) is 10.6. The van der Waals surface area contributed by atoms with Crippen molar-refractivity contribution in [1.29, 1.82) is 0 Å². The van der Waals surface area contributed by atoms with Crippen LogP contribution in [0.25, 0.3) is 0 Å². The third-order valence-corrected chi connectivity index (χ3v) is 2.49. The number of carbonyl (C=O) groups excluding carboxylic acids is 2. The third kappa shape index (κ3) is 4.06. The Morgan fingerprint density at radius 2 is 2.15 bits per heavy atom. The number of amides is 2. The van der Waals surface area contributed by atoms with Crippen LogP contribution in [0.5, 0.6) is 0 Å². The van der Waals surface area contributed by atoms with Crippen molar-refractivity contribution >= 4 is 34.9 Å². The molecule has 1 aromatic carbocycles. The SMILES string of the molecule is CC(=O)Nc1cn(CC(=O)Nc2cccc(Cl)c2)nn1. The van der Waals surface area contributed by atoms with E-state index < -0.39 is 0 Å². The molecule has 2 amide bonds. The lowest BCUT2D eigenvalue weighted by atomic mass is 10.3. The molecule has 104 valence electrons. The van der Waals surface area contributed by atoms with E-state index in [1.807, 2.05) is 0 Å². The van der Waals surface area contributed by atoms with Gasteiger partial charge in [0.2, 0.25) is 11.8 Å². The number of anilines is 2. The average Bonchev–Trinajstić information content (AvgIpc) is 2.75. The first kappa shape index (κ1) is 14.0. The lowest BCUT2D eigenvalue weighted by molar-refractivity contribution is -0.117. The highest BCUT2D eigenvalue weighted by molar-refractivity contribution is 6.30. The van der Waals surface area contributed by atoms with Gasteiger partial charge in [0.1, 0.15) is 6.54 Å². The quantitative estimate of drug-likeness (QED) is 0.894. The number of hydrogen-bond donors (Lipinski definition) is 2. The van der Waals surface area contributed by atoms with E-state index in [9.17, 15) is 9.59 Å². The van der Waals surface area contributed by atoms with Crippen molar-refractivity contribution in [3.63, 3.8) is 0 Å². The largest absolute Gasteiger partial charge is 0.324 e. The van der Waals surface area contributed by atoms with E-state index in [1.165, 1.54) is 17.8 Å². The summed E-state index contributed by atoms with van der Waals surface area (Å²) in [5, 5.41) is 13.1. The maximum absolute atomic E-state index is 11.8. The van der Waals surface area contributed by atoms with Crippen LogP contribution < -0.4 is 10.6 Å². The lowest BCUT2D eigenvalue weighted by Crippen LogP contribution is -2.19.